The number of carboxylic acid groups (broad SMARTS) is 1. The molecule has 0 aromatic carbocycles. The van der Waals surface area contributed by atoms with Crippen LogP contribution in [0.15, 0.2) is 24.0 Å². The fourth-order valence-corrected chi connectivity index (χ4v) is 2.60. The summed E-state index contributed by atoms with van der Waals surface area (Å²) < 4.78 is 4.79. The molecule has 0 radical (unpaired) electrons. The number of hydrogen-bond donors (Lipinski definition) is 1. The van der Waals surface area contributed by atoms with Gasteiger partial charge in [-0.05, 0) is 39.0 Å². The quantitative estimate of drug-likeness (QED) is 0.0776. The van der Waals surface area contributed by atoms with Crippen molar-refractivity contribution in [2.45, 2.75) is 104 Å². The first-order chi connectivity index (χ1) is 12.6. The van der Waals surface area contributed by atoms with Crippen LogP contribution in [-0.2, 0) is 14.3 Å². The van der Waals surface area contributed by atoms with Crippen LogP contribution in [-0.4, -0.2) is 40.1 Å². The molecule has 0 aliphatic carbocycles. The van der Waals surface area contributed by atoms with Crippen LogP contribution in [0.1, 0.15) is 107 Å². The molecule has 27 heavy (non-hydrogen) atoms. The van der Waals surface area contributed by atoms with Gasteiger partial charge in [0.1, 0.15) is 6.26 Å². The molecule has 0 spiro atoms. The number of hydrogen-bond acceptors (Lipinski definition) is 3. The number of carbonyl (C=O) groups excluding carboxylic acids is 1. The van der Waals surface area contributed by atoms with E-state index >= 15 is 0 Å². The molecule has 0 atom stereocenters. The van der Waals surface area contributed by atoms with Gasteiger partial charge in [-0.1, -0.05) is 70.4 Å². The maximum absolute atomic E-state index is 11.4. The SMILES string of the molecule is CCCCCCCC/C=C/CCCCCCCC(=O)OC=C(C)C(=O)O.[H-].[H-].[Mg+2]. The molecule has 0 bridgehead atoms. The Kier molecular flexibility index (Phi) is 22.6. The van der Waals surface area contributed by atoms with Gasteiger partial charge >= 0.3 is 35.0 Å². The monoisotopic (exact) mass is 392 g/mol. The van der Waals surface area contributed by atoms with Crippen molar-refractivity contribution < 1.29 is 22.3 Å². The van der Waals surface area contributed by atoms with Crippen LogP contribution >= 0.6 is 0 Å². The van der Waals surface area contributed by atoms with E-state index in [0.717, 1.165) is 31.9 Å². The van der Waals surface area contributed by atoms with E-state index in [0.29, 0.717) is 6.42 Å². The van der Waals surface area contributed by atoms with E-state index in [2.05, 4.69) is 19.1 Å². The van der Waals surface area contributed by atoms with E-state index in [9.17, 15) is 9.59 Å². The van der Waals surface area contributed by atoms with Gasteiger partial charge in [0.15, 0.2) is 0 Å². The first-order valence-electron chi connectivity index (χ1n) is 10.3. The number of esters is 1. The van der Waals surface area contributed by atoms with Crippen molar-refractivity contribution in [1.82, 2.24) is 0 Å². The number of ether oxygens (including phenoxy) is 1. The molecule has 0 saturated carbocycles. The van der Waals surface area contributed by atoms with Crippen LogP contribution in [0.4, 0.5) is 0 Å². The molecule has 1 N–H and O–H groups in total. The molecule has 0 saturated heterocycles. The molecular formula is C22H40MgO4. The summed E-state index contributed by atoms with van der Waals surface area (Å²) in [6.45, 7) is 3.65. The second-order valence-electron chi connectivity index (χ2n) is 6.93. The molecule has 0 fully saturated rings. The maximum atomic E-state index is 11.4. The molecule has 0 unspecified atom stereocenters. The molecule has 0 amide bonds. The molecule has 0 rings (SSSR count). The number of allylic oxidation sites excluding steroid dienone is 2. The second-order valence-corrected chi connectivity index (χ2v) is 6.93. The van der Waals surface area contributed by atoms with Gasteiger partial charge in [0.25, 0.3) is 0 Å². The Morgan fingerprint density at radius 3 is 1.85 bits per heavy atom. The minimum Gasteiger partial charge on any atom is -1.00 e. The normalized spacial score (nSPS) is 11.4. The number of carboxylic acids is 1. The van der Waals surface area contributed by atoms with Crippen molar-refractivity contribution >= 4 is 35.0 Å². The largest absolute Gasteiger partial charge is 2.00 e. The van der Waals surface area contributed by atoms with Gasteiger partial charge < -0.3 is 12.7 Å². The van der Waals surface area contributed by atoms with Crippen LogP contribution in [0.25, 0.3) is 0 Å². The average Bonchev–Trinajstić information content (AvgIpc) is 2.62. The predicted molar refractivity (Wildman–Crippen MR) is 115 cm³/mol. The zero-order valence-corrected chi connectivity index (χ0v) is 18.9. The molecule has 0 aromatic heterocycles. The molecule has 0 aliphatic rings. The predicted octanol–water partition coefficient (Wildman–Crippen LogP) is 6.40. The van der Waals surface area contributed by atoms with Crippen LogP contribution in [0.3, 0.4) is 0 Å². The fourth-order valence-electron chi connectivity index (χ4n) is 2.60. The van der Waals surface area contributed by atoms with E-state index in [1.54, 1.807) is 0 Å². The van der Waals surface area contributed by atoms with Gasteiger partial charge in [-0.15, -0.1) is 0 Å². The van der Waals surface area contributed by atoms with Crippen molar-refractivity contribution in [3.05, 3.63) is 24.0 Å². The third-order valence-electron chi connectivity index (χ3n) is 4.35. The zero-order chi connectivity index (χ0) is 19.5. The summed E-state index contributed by atoms with van der Waals surface area (Å²) in [4.78, 5) is 22.0. The van der Waals surface area contributed by atoms with Crippen LogP contribution in [0.2, 0.25) is 0 Å². The summed E-state index contributed by atoms with van der Waals surface area (Å²) in [6.07, 6.45) is 21.8. The number of rotatable bonds is 17. The van der Waals surface area contributed by atoms with Gasteiger partial charge in [-0.3, -0.25) is 4.79 Å². The molecule has 154 valence electrons. The van der Waals surface area contributed by atoms with Crippen LogP contribution in [0, 0.1) is 0 Å². The first-order valence-corrected chi connectivity index (χ1v) is 10.3. The summed E-state index contributed by atoms with van der Waals surface area (Å²) in [5, 5.41) is 8.65. The maximum Gasteiger partial charge on any atom is 2.00 e. The van der Waals surface area contributed by atoms with Gasteiger partial charge in [-0.2, -0.15) is 0 Å². The smallest absolute Gasteiger partial charge is 1.00 e. The first kappa shape index (κ1) is 28.4. The van der Waals surface area contributed by atoms with Gasteiger partial charge in [0.05, 0.1) is 5.57 Å². The Labute approximate surface area is 184 Å². The minimum atomic E-state index is -1.07. The Hall–Kier alpha value is -0.814. The van der Waals surface area contributed by atoms with E-state index in [1.807, 2.05) is 0 Å². The Morgan fingerprint density at radius 2 is 1.33 bits per heavy atom. The van der Waals surface area contributed by atoms with Gasteiger partial charge in [0.2, 0.25) is 0 Å². The topological polar surface area (TPSA) is 63.6 Å². The standard InChI is InChI=1S/C22H38O4.Mg.2H/c1-3-4-5-6-7-8-9-10-11-12-13-14-15-16-17-18-21(23)26-19-20(2)22(24)25;;;/h10-11,19H,3-9,12-18H2,1-2H3,(H,24,25);;;/q;+2;2*-1/b11-10+,20-19?;;;. The number of aliphatic carboxylic acids is 1. The minimum absolute atomic E-state index is 0. The van der Waals surface area contributed by atoms with E-state index in [4.69, 9.17) is 9.84 Å². The molecular weight excluding hydrogens is 353 g/mol. The Morgan fingerprint density at radius 1 is 0.852 bits per heavy atom. The van der Waals surface area contributed by atoms with E-state index in [-0.39, 0.29) is 37.4 Å². The zero-order valence-electron chi connectivity index (χ0n) is 19.5. The molecule has 0 heterocycles. The van der Waals surface area contributed by atoms with Crippen molar-refractivity contribution in [3.8, 4) is 0 Å². The van der Waals surface area contributed by atoms with Crippen LogP contribution in [0.5, 0.6) is 0 Å². The van der Waals surface area contributed by atoms with E-state index in [1.165, 1.54) is 64.7 Å². The van der Waals surface area contributed by atoms with Crippen molar-refractivity contribution in [3.63, 3.8) is 0 Å². The average molecular weight is 393 g/mol. The second kappa shape index (κ2) is 21.5. The fraction of sp³-hybridized carbons (Fsp3) is 0.727. The van der Waals surface area contributed by atoms with Crippen molar-refractivity contribution in [2.24, 2.45) is 0 Å². The van der Waals surface area contributed by atoms with E-state index < -0.39 is 5.97 Å². The molecule has 4 nitrogen and oxygen atoms in total. The molecule has 0 aliphatic heterocycles. The van der Waals surface area contributed by atoms with Crippen LogP contribution < -0.4 is 0 Å². The Bertz CT molecular complexity index is 441. The molecule has 5 heteroatoms. The molecule has 0 aromatic rings. The number of unbranched alkanes of at least 4 members (excludes halogenated alkanes) is 11. The summed E-state index contributed by atoms with van der Waals surface area (Å²) in [7, 11) is 0. The summed E-state index contributed by atoms with van der Waals surface area (Å²) in [6, 6.07) is 0. The summed E-state index contributed by atoms with van der Waals surface area (Å²) in [5.41, 5.74) is 0.0305. The Balaban J connectivity index is -0.00000104. The van der Waals surface area contributed by atoms with Crippen molar-refractivity contribution in [2.75, 3.05) is 0 Å². The summed E-state index contributed by atoms with van der Waals surface area (Å²) >= 11 is 0. The third kappa shape index (κ3) is 21.3. The van der Waals surface area contributed by atoms with Gasteiger partial charge in [0, 0.05) is 6.42 Å². The summed E-state index contributed by atoms with van der Waals surface area (Å²) in [5.74, 6) is -1.43. The third-order valence-corrected chi connectivity index (χ3v) is 4.35. The van der Waals surface area contributed by atoms with Crippen molar-refractivity contribution in [1.29, 1.82) is 0 Å². The number of carbonyl (C=O) groups is 2. The van der Waals surface area contributed by atoms with Gasteiger partial charge in [-0.25, -0.2) is 4.79 Å².